The highest BCUT2D eigenvalue weighted by atomic mass is 16.3. The van der Waals surface area contributed by atoms with Gasteiger partial charge in [-0.25, -0.2) is 0 Å². The van der Waals surface area contributed by atoms with Gasteiger partial charge in [-0.3, -0.25) is 9.69 Å². The highest BCUT2D eigenvalue weighted by molar-refractivity contribution is 5.94. The lowest BCUT2D eigenvalue weighted by Gasteiger charge is -2.35. The van der Waals surface area contributed by atoms with Crippen molar-refractivity contribution in [3.05, 3.63) is 65.2 Å². The predicted molar refractivity (Wildman–Crippen MR) is 119 cm³/mol. The lowest BCUT2D eigenvalue weighted by molar-refractivity contribution is 0.0773. The van der Waals surface area contributed by atoms with Crippen LogP contribution in [-0.2, 0) is 6.42 Å². The van der Waals surface area contributed by atoms with E-state index in [1.807, 2.05) is 30.9 Å². The first-order valence-electron chi connectivity index (χ1n) is 10.7. The molecule has 0 spiro atoms. The van der Waals surface area contributed by atoms with E-state index in [2.05, 4.69) is 46.2 Å². The number of piperazine rings is 1. The van der Waals surface area contributed by atoms with Gasteiger partial charge in [0.1, 0.15) is 0 Å². The molecule has 1 N–H and O–H groups in total. The maximum absolute atomic E-state index is 12.4. The Hall–Kier alpha value is -2.37. The van der Waals surface area contributed by atoms with Crippen LogP contribution < -0.4 is 4.90 Å². The Balaban J connectivity index is 1.57. The average Bonchev–Trinajstić information content (AvgIpc) is 2.76. The van der Waals surface area contributed by atoms with Crippen LogP contribution in [0.4, 0.5) is 5.69 Å². The summed E-state index contributed by atoms with van der Waals surface area (Å²) in [6.45, 7) is 10.5. The van der Waals surface area contributed by atoms with Crippen molar-refractivity contribution in [2.45, 2.75) is 20.3 Å². The van der Waals surface area contributed by atoms with Crippen LogP contribution in [0.2, 0.25) is 0 Å². The van der Waals surface area contributed by atoms with Gasteiger partial charge in [-0.15, -0.1) is 0 Å². The Kier molecular flexibility index (Phi) is 7.67. The Morgan fingerprint density at radius 1 is 0.897 bits per heavy atom. The topological polar surface area (TPSA) is 47.0 Å². The number of benzene rings is 2. The Morgan fingerprint density at radius 2 is 1.45 bits per heavy atom. The molecule has 3 rings (SSSR count). The number of aliphatic hydroxyl groups is 1. The van der Waals surface area contributed by atoms with Crippen molar-refractivity contribution >= 4 is 11.6 Å². The molecule has 0 aromatic heterocycles. The largest absolute Gasteiger partial charge is 0.395 e. The first-order chi connectivity index (χ1) is 14.1. The van der Waals surface area contributed by atoms with Crippen LogP contribution in [0.3, 0.4) is 0 Å². The smallest absolute Gasteiger partial charge is 0.253 e. The third-order valence-corrected chi connectivity index (χ3v) is 5.75. The van der Waals surface area contributed by atoms with E-state index in [0.29, 0.717) is 0 Å². The van der Waals surface area contributed by atoms with E-state index in [9.17, 15) is 4.79 Å². The molecule has 0 unspecified atom stereocenters. The van der Waals surface area contributed by atoms with Crippen LogP contribution >= 0.6 is 0 Å². The van der Waals surface area contributed by atoms with Gasteiger partial charge in [0, 0.05) is 57.1 Å². The average molecular weight is 396 g/mol. The highest BCUT2D eigenvalue weighted by Gasteiger charge is 2.16. The maximum Gasteiger partial charge on any atom is 0.253 e. The normalized spacial score (nSPS) is 14.8. The molecule has 0 bridgehead atoms. The van der Waals surface area contributed by atoms with Gasteiger partial charge < -0.3 is 14.9 Å². The molecule has 1 heterocycles. The fourth-order valence-corrected chi connectivity index (χ4v) is 3.89. The van der Waals surface area contributed by atoms with Gasteiger partial charge in [-0.1, -0.05) is 24.3 Å². The number of rotatable bonds is 8. The van der Waals surface area contributed by atoms with Crippen molar-refractivity contribution in [1.29, 1.82) is 0 Å². The van der Waals surface area contributed by atoms with Gasteiger partial charge in [0.25, 0.3) is 5.91 Å². The number of carbonyl (C=O) groups is 1. The molecular formula is C24H33N3O2. The number of carbonyl (C=O) groups excluding carboxylic acids is 1. The summed E-state index contributed by atoms with van der Waals surface area (Å²) in [6.07, 6.45) is 0.865. The van der Waals surface area contributed by atoms with Gasteiger partial charge in [-0.2, -0.15) is 0 Å². The minimum Gasteiger partial charge on any atom is -0.395 e. The summed E-state index contributed by atoms with van der Waals surface area (Å²) in [5.74, 6) is 0.102. The molecule has 0 atom stereocenters. The van der Waals surface area contributed by atoms with Crippen LogP contribution in [0.25, 0.3) is 0 Å². The molecule has 1 saturated heterocycles. The quantitative estimate of drug-likeness (QED) is 0.747. The van der Waals surface area contributed by atoms with Crippen LogP contribution in [0.5, 0.6) is 0 Å². The molecule has 5 heteroatoms. The molecule has 156 valence electrons. The second kappa shape index (κ2) is 10.4. The Bertz CT molecular complexity index is 762. The summed E-state index contributed by atoms with van der Waals surface area (Å²) in [4.78, 5) is 19.0. The Labute approximate surface area is 174 Å². The molecule has 0 saturated carbocycles. The zero-order chi connectivity index (χ0) is 20.6. The van der Waals surface area contributed by atoms with Crippen molar-refractivity contribution < 1.29 is 9.90 Å². The molecule has 1 amide bonds. The molecule has 5 nitrogen and oxygen atoms in total. The minimum absolute atomic E-state index is 0.102. The molecule has 1 aliphatic heterocycles. The first-order valence-corrected chi connectivity index (χ1v) is 10.7. The van der Waals surface area contributed by atoms with Crippen LogP contribution in [0.15, 0.2) is 48.5 Å². The monoisotopic (exact) mass is 395 g/mol. The zero-order valence-corrected chi connectivity index (χ0v) is 17.7. The lowest BCUT2D eigenvalue weighted by Crippen LogP contribution is -2.47. The van der Waals surface area contributed by atoms with E-state index in [-0.39, 0.29) is 12.5 Å². The van der Waals surface area contributed by atoms with Gasteiger partial charge >= 0.3 is 0 Å². The van der Waals surface area contributed by atoms with Crippen LogP contribution in [0, 0.1) is 0 Å². The minimum atomic E-state index is 0.102. The fraction of sp³-hybridized carbons (Fsp3) is 0.458. The van der Waals surface area contributed by atoms with Gasteiger partial charge in [0.05, 0.1) is 6.61 Å². The van der Waals surface area contributed by atoms with E-state index in [0.717, 1.165) is 57.8 Å². The van der Waals surface area contributed by atoms with Crippen LogP contribution in [0.1, 0.15) is 35.3 Å². The standard InChI is InChI=1S/C24H33N3O2/c1-3-26(4-2)24(29)22-9-5-20(6-10-22)19-21-7-11-23(12-8-21)27-15-13-25(14-16-27)17-18-28/h5-12,28H,3-4,13-19H2,1-2H3. The number of hydrogen-bond acceptors (Lipinski definition) is 4. The van der Waals surface area contributed by atoms with Crippen molar-refractivity contribution in [2.75, 3.05) is 57.3 Å². The third kappa shape index (κ3) is 5.58. The molecule has 0 aliphatic carbocycles. The van der Waals surface area contributed by atoms with E-state index in [1.165, 1.54) is 16.8 Å². The second-order valence-corrected chi connectivity index (χ2v) is 7.57. The summed E-state index contributed by atoms with van der Waals surface area (Å²) in [6, 6.07) is 16.8. The molecular weight excluding hydrogens is 362 g/mol. The molecule has 0 radical (unpaired) electrons. The molecule has 2 aromatic carbocycles. The Morgan fingerprint density at radius 3 is 1.97 bits per heavy atom. The number of nitrogens with zero attached hydrogens (tertiary/aromatic N) is 3. The van der Waals surface area contributed by atoms with Crippen molar-refractivity contribution in [3.8, 4) is 0 Å². The zero-order valence-electron chi connectivity index (χ0n) is 17.7. The van der Waals surface area contributed by atoms with E-state index < -0.39 is 0 Å². The number of anilines is 1. The lowest BCUT2D eigenvalue weighted by atomic mass is 10.0. The summed E-state index contributed by atoms with van der Waals surface area (Å²) in [5, 5.41) is 9.07. The third-order valence-electron chi connectivity index (χ3n) is 5.75. The van der Waals surface area contributed by atoms with Crippen molar-refractivity contribution in [2.24, 2.45) is 0 Å². The van der Waals surface area contributed by atoms with E-state index in [1.54, 1.807) is 0 Å². The number of aliphatic hydroxyl groups excluding tert-OH is 1. The summed E-state index contributed by atoms with van der Waals surface area (Å²) < 4.78 is 0. The van der Waals surface area contributed by atoms with Crippen molar-refractivity contribution in [1.82, 2.24) is 9.80 Å². The molecule has 2 aromatic rings. The SMILES string of the molecule is CCN(CC)C(=O)c1ccc(Cc2ccc(N3CCN(CCO)CC3)cc2)cc1. The van der Waals surface area contributed by atoms with E-state index in [4.69, 9.17) is 5.11 Å². The summed E-state index contributed by atoms with van der Waals surface area (Å²) in [5.41, 5.74) is 4.51. The van der Waals surface area contributed by atoms with E-state index >= 15 is 0 Å². The number of β-amino-alcohol motifs (C(OH)–C–C–N with tert-alkyl or cyclic N) is 1. The predicted octanol–water partition coefficient (Wildman–Crippen LogP) is 2.87. The first kappa shape index (κ1) is 21.3. The summed E-state index contributed by atoms with van der Waals surface area (Å²) >= 11 is 0. The second-order valence-electron chi connectivity index (χ2n) is 7.57. The molecule has 1 aliphatic rings. The number of hydrogen-bond donors (Lipinski definition) is 1. The molecule has 1 fully saturated rings. The van der Waals surface area contributed by atoms with Gasteiger partial charge in [0.2, 0.25) is 0 Å². The fourth-order valence-electron chi connectivity index (χ4n) is 3.89. The van der Waals surface area contributed by atoms with Gasteiger partial charge in [0.15, 0.2) is 0 Å². The molecule has 29 heavy (non-hydrogen) atoms. The van der Waals surface area contributed by atoms with Gasteiger partial charge in [-0.05, 0) is 55.7 Å². The maximum atomic E-state index is 12.4. The van der Waals surface area contributed by atoms with Crippen molar-refractivity contribution in [3.63, 3.8) is 0 Å². The van der Waals surface area contributed by atoms with Crippen LogP contribution in [-0.4, -0.2) is 73.2 Å². The number of amides is 1. The highest BCUT2D eigenvalue weighted by Crippen LogP contribution is 2.19. The summed E-state index contributed by atoms with van der Waals surface area (Å²) in [7, 11) is 0.